The average Bonchev–Trinajstić information content (AvgIpc) is 3.35. The van der Waals surface area contributed by atoms with Gasteiger partial charge in [-0.2, -0.15) is 0 Å². The van der Waals surface area contributed by atoms with Crippen LogP contribution in [0.5, 0.6) is 0 Å². The van der Waals surface area contributed by atoms with Crippen LogP contribution in [0.2, 0.25) is 0 Å². The van der Waals surface area contributed by atoms with E-state index in [1.165, 1.54) is 0 Å². The standard InChI is InChI=1S/C22H32N4O4S/c1-16-6-4-8-18(12-16)23-22(28)26-11-5-7-17(13-26)21(27)24-19-14-31(29,30)15-20(19)25-9-2-3-10-25/h4,6,8,12,17,19-20H,2-3,5,7,9-11,13-15H2,1H3,(H,23,28)(H,24,27). The van der Waals surface area contributed by atoms with Crippen LogP contribution < -0.4 is 10.6 Å². The predicted molar refractivity (Wildman–Crippen MR) is 120 cm³/mol. The number of urea groups is 1. The SMILES string of the molecule is Cc1cccc(NC(=O)N2CCCC(C(=O)NC3CS(=O)(=O)CC3N3CCCC3)C2)c1. The van der Waals surface area contributed by atoms with Gasteiger partial charge in [0.15, 0.2) is 9.84 Å². The number of piperidine rings is 1. The van der Waals surface area contributed by atoms with Crippen molar-refractivity contribution >= 4 is 27.5 Å². The molecule has 3 atom stereocenters. The highest BCUT2D eigenvalue weighted by molar-refractivity contribution is 7.91. The van der Waals surface area contributed by atoms with Crippen LogP contribution in [0, 0.1) is 12.8 Å². The maximum absolute atomic E-state index is 13.0. The number of benzene rings is 1. The van der Waals surface area contributed by atoms with Crippen molar-refractivity contribution in [3.63, 3.8) is 0 Å². The number of carbonyl (C=O) groups is 2. The second-order valence-electron chi connectivity index (χ2n) is 9.09. The van der Waals surface area contributed by atoms with Crippen molar-refractivity contribution < 1.29 is 18.0 Å². The molecule has 4 rings (SSSR count). The van der Waals surface area contributed by atoms with Crippen LogP contribution in [-0.4, -0.2) is 79.9 Å². The summed E-state index contributed by atoms with van der Waals surface area (Å²) in [7, 11) is -3.15. The lowest BCUT2D eigenvalue weighted by Gasteiger charge is -2.34. The third kappa shape index (κ3) is 5.38. The number of hydrogen-bond acceptors (Lipinski definition) is 5. The van der Waals surface area contributed by atoms with E-state index < -0.39 is 9.84 Å². The molecule has 9 heteroatoms. The zero-order valence-electron chi connectivity index (χ0n) is 18.0. The zero-order chi connectivity index (χ0) is 22.0. The van der Waals surface area contributed by atoms with E-state index in [0.717, 1.165) is 43.6 Å². The van der Waals surface area contributed by atoms with Gasteiger partial charge in [0.2, 0.25) is 5.91 Å². The van der Waals surface area contributed by atoms with E-state index in [0.29, 0.717) is 19.5 Å². The summed E-state index contributed by atoms with van der Waals surface area (Å²) in [5.74, 6) is -0.337. The highest BCUT2D eigenvalue weighted by atomic mass is 32.2. The molecule has 0 aromatic heterocycles. The van der Waals surface area contributed by atoms with Gasteiger partial charge in [0, 0.05) is 24.8 Å². The van der Waals surface area contributed by atoms with Gasteiger partial charge in [-0.15, -0.1) is 0 Å². The molecule has 3 unspecified atom stereocenters. The van der Waals surface area contributed by atoms with Gasteiger partial charge in [0.25, 0.3) is 0 Å². The summed E-state index contributed by atoms with van der Waals surface area (Å²) in [6.07, 6.45) is 3.60. The molecule has 3 saturated heterocycles. The molecule has 1 aromatic rings. The van der Waals surface area contributed by atoms with Crippen molar-refractivity contribution in [2.75, 3.05) is 43.0 Å². The van der Waals surface area contributed by atoms with Crippen LogP contribution in [0.1, 0.15) is 31.2 Å². The van der Waals surface area contributed by atoms with Crippen LogP contribution in [0.3, 0.4) is 0 Å². The van der Waals surface area contributed by atoms with Gasteiger partial charge < -0.3 is 15.5 Å². The first kappa shape index (κ1) is 22.1. The minimum absolute atomic E-state index is 0.00415. The molecule has 3 aliphatic rings. The predicted octanol–water partition coefficient (Wildman–Crippen LogP) is 1.62. The molecule has 3 amide bonds. The molecule has 3 aliphatic heterocycles. The zero-order valence-corrected chi connectivity index (χ0v) is 18.9. The Bertz CT molecular complexity index is 929. The topological polar surface area (TPSA) is 98.8 Å². The smallest absolute Gasteiger partial charge is 0.321 e. The molecule has 1 aromatic carbocycles. The van der Waals surface area contributed by atoms with E-state index in [4.69, 9.17) is 0 Å². The van der Waals surface area contributed by atoms with Crippen molar-refractivity contribution in [1.82, 2.24) is 15.1 Å². The lowest BCUT2D eigenvalue weighted by Crippen LogP contribution is -2.54. The molecule has 0 saturated carbocycles. The average molecular weight is 449 g/mol. The van der Waals surface area contributed by atoms with E-state index >= 15 is 0 Å². The molecular weight excluding hydrogens is 416 g/mol. The molecule has 170 valence electrons. The highest BCUT2D eigenvalue weighted by Crippen LogP contribution is 2.24. The Morgan fingerprint density at radius 1 is 1.06 bits per heavy atom. The Balaban J connectivity index is 1.36. The summed E-state index contributed by atoms with van der Waals surface area (Å²) >= 11 is 0. The van der Waals surface area contributed by atoms with E-state index in [-0.39, 0.29) is 41.4 Å². The molecule has 3 fully saturated rings. The Hall–Kier alpha value is -2.13. The van der Waals surface area contributed by atoms with E-state index in [1.807, 2.05) is 31.2 Å². The fourth-order valence-corrected chi connectivity index (χ4v) is 6.95. The number of amides is 3. The van der Waals surface area contributed by atoms with E-state index in [2.05, 4.69) is 15.5 Å². The summed E-state index contributed by atoms with van der Waals surface area (Å²) in [6.45, 7) is 4.70. The molecular formula is C22H32N4O4S. The number of carbonyl (C=O) groups excluding carboxylic acids is 2. The first-order valence-corrected chi connectivity index (χ1v) is 13.0. The third-order valence-corrected chi connectivity index (χ3v) is 8.33. The number of likely N-dealkylation sites (tertiary alicyclic amines) is 2. The second-order valence-corrected chi connectivity index (χ2v) is 11.2. The molecule has 31 heavy (non-hydrogen) atoms. The van der Waals surface area contributed by atoms with E-state index in [9.17, 15) is 18.0 Å². The highest BCUT2D eigenvalue weighted by Gasteiger charge is 2.43. The van der Waals surface area contributed by atoms with Crippen molar-refractivity contribution in [2.24, 2.45) is 5.92 Å². The van der Waals surface area contributed by atoms with Crippen molar-refractivity contribution in [1.29, 1.82) is 0 Å². The lowest BCUT2D eigenvalue weighted by molar-refractivity contribution is -0.127. The van der Waals surface area contributed by atoms with Crippen molar-refractivity contribution in [3.05, 3.63) is 29.8 Å². The van der Waals surface area contributed by atoms with Crippen LogP contribution in [0.25, 0.3) is 0 Å². The van der Waals surface area contributed by atoms with E-state index in [1.54, 1.807) is 4.90 Å². The van der Waals surface area contributed by atoms with Gasteiger partial charge in [0.1, 0.15) is 0 Å². The molecule has 8 nitrogen and oxygen atoms in total. The van der Waals surface area contributed by atoms with Crippen LogP contribution >= 0.6 is 0 Å². The Morgan fingerprint density at radius 3 is 2.58 bits per heavy atom. The molecule has 2 N–H and O–H groups in total. The maximum Gasteiger partial charge on any atom is 0.321 e. The summed E-state index contributed by atoms with van der Waals surface area (Å²) in [4.78, 5) is 29.6. The fourth-order valence-electron chi connectivity index (χ4n) is 5.00. The number of nitrogens with one attached hydrogen (secondary N) is 2. The number of aryl methyl sites for hydroxylation is 1. The first-order chi connectivity index (χ1) is 14.8. The van der Waals surface area contributed by atoms with Crippen LogP contribution in [-0.2, 0) is 14.6 Å². The van der Waals surface area contributed by atoms with Gasteiger partial charge >= 0.3 is 6.03 Å². The van der Waals surface area contributed by atoms with Gasteiger partial charge in [-0.3, -0.25) is 9.69 Å². The fraction of sp³-hybridized carbons (Fsp3) is 0.636. The maximum atomic E-state index is 13.0. The summed E-state index contributed by atoms with van der Waals surface area (Å²) in [6, 6.07) is 6.90. The number of rotatable bonds is 4. The molecule has 0 bridgehead atoms. The second kappa shape index (κ2) is 9.16. The number of nitrogens with zero attached hydrogens (tertiary/aromatic N) is 2. The van der Waals surface area contributed by atoms with Gasteiger partial charge in [-0.25, -0.2) is 13.2 Å². The molecule has 0 radical (unpaired) electrons. The third-order valence-electron chi connectivity index (χ3n) is 6.61. The molecule has 0 aliphatic carbocycles. The summed E-state index contributed by atoms with van der Waals surface area (Å²) in [5.41, 5.74) is 1.80. The molecule has 3 heterocycles. The van der Waals surface area contributed by atoms with Gasteiger partial charge in [-0.1, -0.05) is 12.1 Å². The molecule has 0 spiro atoms. The summed E-state index contributed by atoms with van der Waals surface area (Å²) < 4.78 is 24.5. The summed E-state index contributed by atoms with van der Waals surface area (Å²) in [5, 5.41) is 5.94. The largest absolute Gasteiger partial charge is 0.350 e. The number of sulfone groups is 1. The minimum atomic E-state index is -3.15. The number of hydrogen-bond donors (Lipinski definition) is 2. The lowest BCUT2D eigenvalue weighted by atomic mass is 9.96. The van der Waals surface area contributed by atoms with Gasteiger partial charge in [0.05, 0.1) is 23.5 Å². The van der Waals surface area contributed by atoms with Crippen LogP contribution in [0.15, 0.2) is 24.3 Å². The monoisotopic (exact) mass is 448 g/mol. The van der Waals surface area contributed by atoms with Gasteiger partial charge in [-0.05, 0) is 63.4 Å². The Morgan fingerprint density at radius 2 is 1.84 bits per heavy atom. The Labute approximate surface area is 184 Å². The van der Waals surface area contributed by atoms with Crippen molar-refractivity contribution in [2.45, 2.75) is 44.7 Å². The quantitative estimate of drug-likeness (QED) is 0.729. The normalized spacial score (nSPS) is 28.4. The first-order valence-electron chi connectivity index (χ1n) is 11.2. The minimum Gasteiger partial charge on any atom is -0.350 e. The Kier molecular flexibility index (Phi) is 6.52. The van der Waals surface area contributed by atoms with Crippen LogP contribution in [0.4, 0.5) is 10.5 Å². The van der Waals surface area contributed by atoms with Crippen molar-refractivity contribution in [3.8, 4) is 0 Å². The number of anilines is 1.